The number of halogens is 3. The summed E-state index contributed by atoms with van der Waals surface area (Å²) in [6.07, 6.45) is -2.01. The molecule has 7 heteroatoms. The van der Waals surface area contributed by atoms with Gasteiger partial charge in [0.2, 0.25) is 0 Å². The van der Waals surface area contributed by atoms with Crippen molar-refractivity contribution in [3.8, 4) is 0 Å². The standard InChI is InChI=1S/C9H8F3N3S/c10-9(11,12)2-4-15-7-1-3-13-5-6(7)14-8(15)16/h1,3,5H,2,4H2,(H,14,16). The van der Waals surface area contributed by atoms with E-state index < -0.39 is 12.6 Å². The Kier molecular flexibility index (Phi) is 2.71. The molecule has 86 valence electrons. The van der Waals surface area contributed by atoms with Gasteiger partial charge in [-0.1, -0.05) is 0 Å². The first-order chi connectivity index (χ1) is 7.47. The number of nitrogens with one attached hydrogen (secondary N) is 1. The third-order valence-corrected chi connectivity index (χ3v) is 2.52. The molecule has 16 heavy (non-hydrogen) atoms. The molecule has 0 aliphatic heterocycles. The first kappa shape index (κ1) is 11.1. The van der Waals surface area contributed by atoms with E-state index in [4.69, 9.17) is 12.2 Å². The molecule has 0 saturated heterocycles. The number of aromatic amines is 1. The largest absolute Gasteiger partial charge is 0.390 e. The summed E-state index contributed by atoms with van der Waals surface area (Å²) < 4.78 is 38.0. The van der Waals surface area contributed by atoms with E-state index in [0.717, 1.165) is 0 Å². The summed E-state index contributed by atoms with van der Waals surface area (Å²) in [5.41, 5.74) is 1.29. The number of alkyl halides is 3. The fourth-order valence-electron chi connectivity index (χ4n) is 1.47. The van der Waals surface area contributed by atoms with Crippen LogP contribution in [0.1, 0.15) is 6.42 Å². The molecular formula is C9H8F3N3S. The van der Waals surface area contributed by atoms with Gasteiger partial charge in [0.25, 0.3) is 0 Å². The van der Waals surface area contributed by atoms with Crippen LogP contribution in [0.15, 0.2) is 18.5 Å². The van der Waals surface area contributed by atoms with Gasteiger partial charge >= 0.3 is 6.18 Å². The number of pyridine rings is 1. The molecule has 0 aromatic carbocycles. The SMILES string of the molecule is FC(F)(F)CCn1c(=S)[nH]c2cnccc21. The van der Waals surface area contributed by atoms with E-state index in [2.05, 4.69) is 9.97 Å². The second kappa shape index (κ2) is 3.89. The fraction of sp³-hybridized carbons (Fsp3) is 0.333. The van der Waals surface area contributed by atoms with Crippen LogP contribution in [-0.2, 0) is 6.54 Å². The number of H-pyrrole nitrogens is 1. The van der Waals surface area contributed by atoms with Gasteiger partial charge in [-0.25, -0.2) is 0 Å². The average molecular weight is 247 g/mol. The summed E-state index contributed by atoms with van der Waals surface area (Å²) in [7, 11) is 0. The highest BCUT2D eigenvalue weighted by Crippen LogP contribution is 2.22. The molecule has 0 saturated carbocycles. The number of hydrogen-bond donors (Lipinski definition) is 1. The molecule has 0 atom stereocenters. The lowest BCUT2D eigenvalue weighted by Gasteiger charge is -2.07. The summed E-state index contributed by atoms with van der Waals surface area (Å²) in [5, 5.41) is 0. The Hall–Kier alpha value is -1.37. The Bertz CT molecular complexity index is 555. The molecule has 0 bridgehead atoms. The summed E-state index contributed by atoms with van der Waals surface area (Å²) in [6, 6.07) is 1.64. The average Bonchev–Trinajstić information content (AvgIpc) is 2.49. The highest BCUT2D eigenvalue weighted by Gasteiger charge is 2.27. The van der Waals surface area contributed by atoms with Crippen molar-refractivity contribution in [2.75, 3.05) is 0 Å². The molecule has 0 fully saturated rings. The third-order valence-electron chi connectivity index (χ3n) is 2.19. The van der Waals surface area contributed by atoms with Gasteiger partial charge in [-0.3, -0.25) is 4.98 Å². The third kappa shape index (κ3) is 2.24. The fourth-order valence-corrected chi connectivity index (χ4v) is 1.77. The number of aryl methyl sites for hydroxylation is 1. The number of fused-ring (bicyclic) bond motifs is 1. The first-order valence-electron chi connectivity index (χ1n) is 4.57. The molecule has 3 nitrogen and oxygen atoms in total. The number of imidazole rings is 1. The van der Waals surface area contributed by atoms with E-state index in [-0.39, 0.29) is 11.3 Å². The van der Waals surface area contributed by atoms with Crippen LogP contribution in [0.2, 0.25) is 0 Å². The van der Waals surface area contributed by atoms with Crippen LogP contribution < -0.4 is 0 Å². The van der Waals surface area contributed by atoms with Gasteiger partial charge in [0.1, 0.15) is 0 Å². The van der Waals surface area contributed by atoms with Gasteiger partial charge in [-0.15, -0.1) is 0 Å². The van der Waals surface area contributed by atoms with Gasteiger partial charge < -0.3 is 9.55 Å². The Labute approximate surface area is 93.9 Å². The van der Waals surface area contributed by atoms with Crippen LogP contribution in [0, 0.1) is 4.77 Å². The van der Waals surface area contributed by atoms with Crippen LogP contribution in [0.25, 0.3) is 11.0 Å². The van der Waals surface area contributed by atoms with Crippen molar-refractivity contribution in [3.63, 3.8) is 0 Å². The topological polar surface area (TPSA) is 33.6 Å². The lowest BCUT2D eigenvalue weighted by molar-refractivity contribution is -0.136. The van der Waals surface area contributed by atoms with Crippen molar-refractivity contribution in [2.24, 2.45) is 0 Å². The van der Waals surface area contributed by atoms with E-state index in [1.165, 1.54) is 17.0 Å². The Balaban J connectivity index is 2.37. The Morgan fingerprint density at radius 2 is 2.19 bits per heavy atom. The lowest BCUT2D eigenvalue weighted by Crippen LogP contribution is -2.12. The maximum atomic E-state index is 12.1. The van der Waals surface area contributed by atoms with Crippen LogP contribution in [0.5, 0.6) is 0 Å². The first-order valence-corrected chi connectivity index (χ1v) is 4.97. The predicted molar refractivity (Wildman–Crippen MR) is 55.6 cm³/mol. The lowest BCUT2D eigenvalue weighted by atomic mass is 10.3. The van der Waals surface area contributed by atoms with E-state index in [0.29, 0.717) is 11.0 Å². The van der Waals surface area contributed by atoms with Gasteiger partial charge in [-0.2, -0.15) is 13.2 Å². The molecule has 2 aromatic heterocycles. The zero-order chi connectivity index (χ0) is 11.8. The number of nitrogens with zero attached hydrogens (tertiary/aromatic N) is 2. The molecule has 2 rings (SSSR count). The predicted octanol–water partition coefficient (Wildman–Crippen LogP) is 3.05. The van der Waals surface area contributed by atoms with Gasteiger partial charge in [-0.05, 0) is 18.3 Å². The van der Waals surface area contributed by atoms with Gasteiger partial charge in [0, 0.05) is 12.7 Å². The minimum atomic E-state index is -4.18. The molecular weight excluding hydrogens is 239 g/mol. The normalized spacial score (nSPS) is 12.2. The molecule has 0 unspecified atom stereocenters. The maximum Gasteiger partial charge on any atom is 0.390 e. The van der Waals surface area contributed by atoms with Crippen molar-refractivity contribution in [2.45, 2.75) is 19.1 Å². The van der Waals surface area contributed by atoms with Gasteiger partial charge in [0.15, 0.2) is 4.77 Å². The minimum absolute atomic E-state index is 0.174. The zero-order valence-corrected chi connectivity index (χ0v) is 8.90. The van der Waals surface area contributed by atoms with Crippen molar-refractivity contribution in [1.82, 2.24) is 14.5 Å². The molecule has 1 N–H and O–H groups in total. The molecule has 0 aliphatic rings. The second-order valence-corrected chi connectivity index (χ2v) is 3.73. The highest BCUT2D eigenvalue weighted by atomic mass is 32.1. The molecule has 2 aromatic rings. The quantitative estimate of drug-likeness (QED) is 0.827. The summed E-state index contributed by atoms with van der Waals surface area (Å²) in [6.45, 7) is -0.174. The molecule has 0 aliphatic carbocycles. The van der Waals surface area contributed by atoms with E-state index in [1.807, 2.05) is 0 Å². The van der Waals surface area contributed by atoms with E-state index >= 15 is 0 Å². The zero-order valence-electron chi connectivity index (χ0n) is 8.08. The van der Waals surface area contributed by atoms with E-state index in [1.54, 1.807) is 6.07 Å². The van der Waals surface area contributed by atoms with Crippen LogP contribution in [0.3, 0.4) is 0 Å². The van der Waals surface area contributed by atoms with Crippen molar-refractivity contribution < 1.29 is 13.2 Å². The van der Waals surface area contributed by atoms with Crippen molar-refractivity contribution >= 4 is 23.3 Å². The van der Waals surface area contributed by atoms with Crippen LogP contribution >= 0.6 is 12.2 Å². The summed E-state index contributed by atoms with van der Waals surface area (Å²) in [5.74, 6) is 0. The minimum Gasteiger partial charge on any atom is -0.329 e. The Morgan fingerprint density at radius 1 is 1.44 bits per heavy atom. The molecule has 0 amide bonds. The molecule has 2 heterocycles. The van der Waals surface area contributed by atoms with Crippen molar-refractivity contribution in [1.29, 1.82) is 0 Å². The molecule has 0 radical (unpaired) electrons. The summed E-state index contributed by atoms with van der Waals surface area (Å²) in [4.78, 5) is 6.67. The number of hydrogen-bond acceptors (Lipinski definition) is 2. The van der Waals surface area contributed by atoms with Gasteiger partial charge in [0.05, 0.1) is 23.7 Å². The second-order valence-electron chi connectivity index (χ2n) is 3.34. The number of rotatable bonds is 2. The van der Waals surface area contributed by atoms with Crippen molar-refractivity contribution in [3.05, 3.63) is 23.2 Å². The number of aromatic nitrogens is 3. The van der Waals surface area contributed by atoms with E-state index in [9.17, 15) is 13.2 Å². The summed E-state index contributed by atoms with van der Waals surface area (Å²) >= 11 is 4.95. The Morgan fingerprint density at radius 3 is 2.88 bits per heavy atom. The molecule has 0 spiro atoms. The highest BCUT2D eigenvalue weighted by molar-refractivity contribution is 7.71. The van der Waals surface area contributed by atoms with Crippen LogP contribution in [-0.4, -0.2) is 20.7 Å². The maximum absolute atomic E-state index is 12.1. The van der Waals surface area contributed by atoms with Crippen LogP contribution in [0.4, 0.5) is 13.2 Å². The monoisotopic (exact) mass is 247 g/mol. The smallest absolute Gasteiger partial charge is 0.329 e.